The number of carbonyl (C=O) groups excluding carboxylic acids is 1. The Morgan fingerprint density at radius 1 is 1.26 bits per heavy atom. The lowest BCUT2D eigenvalue weighted by Gasteiger charge is -2.39. The number of aromatic carboxylic acids is 1. The zero-order chi connectivity index (χ0) is 14.0. The Morgan fingerprint density at radius 2 is 1.89 bits per heavy atom. The lowest BCUT2D eigenvalue weighted by molar-refractivity contribution is 0.0509. The summed E-state index contributed by atoms with van der Waals surface area (Å²) in [7, 11) is 0. The number of aromatic nitrogens is 1. The molecule has 2 atom stereocenters. The van der Waals surface area contributed by atoms with Crippen molar-refractivity contribution in [3.8, 4) is 0 Å². The summed E-state index contributed by atoms with van der Waals surface area (Å²) in [6.07, 6.45) is 4.51. The maximum absolute atomic E-state index is 12.4. The first-order valence-electron chi connectivity index (χ1n) is 6.52. The van der Waals surface area contributed by atoms with Crippen LogP contribution in [0, 0.1) is 0 Å². The van der Waals surface area contributed by atoms with E-state index in [1.807, 2.05) is 18.7 Å². The van der Waals surface area contributed by atoms with Crippen LogP contribution in [-0.2, 0) is 0 Å². The van der Waals surface area contributed by atoms with Gasteiger partial charge in [0.05, 0.1) is 5.56 Å². The van der Waals surface area contributed by atoms with Crippen LogP contribution in [0.3, 0.4) is 0 Å². The fourth-order valence-corrected chi connectivity index (χ4v) is 2.62. The average Bonchev–Trinajstić information content (AvgIpc) is 2.38. The van der Waals surface area contributed by atoms with Crippen molar-refractivity contribution in [2.24, 2.45) is 0 Å². The molecule has 102 valence electrons. The van der Waals surface area contributed by atoms with Crippen molar-refractivity contribution in [1.82, 2.24) is 9.88 Å². The summed E-state index contributed by atoms with van der Waals surface area (Å²) in [6.45, 7) is 4.10. The van der Waals surface area contributed by atoms with Crippen LogP contribution in [0.2, 0.25) is 0 Å². The average molecular weight is 262 g/mol. The molecule has 2 rings (SSSR count). The second-order valence-corrected chi connectivity index (χ2v) is 5.08. The van der Waals surface area contributed by atoms with Crippen molar-refractivity contribution in [2.75, 3.05) is 0 Å². The minimum atomic E-state index is -1.08. The minimum absolute atomic E-state index is 0.0451. The fraction of sp³-hybridized carbons (Fsp3) is 0.500. The van der Waals surface area contributed by atoms with E-state index in [0.717, 1.165) is 19.3 Å². The molecule has 0 spiro atoms. The van der Waals surface area contributed by atoms with Gasteiger partial charge in [0.1, 0.15) is 5.69 Å². The Bertz CT molecular complexity index is 474. The van der Waals surface area contributed by atoms with E-state index >= 15 is 0 Å². The highest BCUT2D eigenvalue weighted by Gasteiger charge is 2.29. The molecule has 0 aliphatic carbocycles. The molecule has 5 nitrogen and oxygen atoms in total. The maximum atomic E-state index is 12.4. The number of carboxylic acid groups (broad SMARTS) is 1. The SMILES string of the molecule is C[C@@H]1CCC[C@H](C)N1C(=O)c1ccc(C(=O)O)nc1. The molecule has 1 saturated heterocycles. The summed E-state index contributed by atoms with van der Waals surface area (Å²) in [6, 6.07) is 3.34. The van der Waals surface area contributed by atoms with Gasteiger partial charge in [0, 0.05) is 18.3 Å². The van der Waals surface area contributed by atoms with Gasteiger partial charge in [-0.3, -0.25) is 4.79 Å². The Balaban J connectivity index is 2.20. The number of piperidine rings is 1. The summed E-state index contributed by atoms with van der Waals surface area (Å²) in [5.41, 5.74) is 0.405. The van der Waals surface area contributed by atoms with Crippen molar-refractivity contribution < 1.29 is 14.7 Å². The van der Waals surface area contributed by atoms with E-state index in [1.54, 1.807) is 0 Å². The predicted molar refractivity (Wildman–Crippen MR) is 70.1 cm³/mol. The van der Waals surface area contributed by atoms with Crippen molar-refractivity contribution in [1.29, 1.82) is 0 Å². The molecule has 0 saturated carbocycles. The number of carboxylic acids is 1. The van der Waals surface area contributed by atoms with E-state index in [9.17, 15) is 9.59 Å². The van der Waals surface area contributed by atoms with Crippen LogP contribution in [0.5, 0.6) is 0 Å². The van der Waals surface area contributed by atoms with Gasteiger partial charge >= 0.3 is 5.97 Å². The van der Waals surface area contributed by atoms with Gasteiger partial charge in [-0.15, -0.1) is 0 Å². The number of likely N-dealkylation sites (tertiary alicyclic amines) is 1. The molecule has 1 aliphatic rings. The third-order valence-electron chi connectivity index (χ3n) is 3.66. The van der Waals surface area contributed by atoms with Gasteiger partial charge in [0.2, 0.25) is 0 Å². The van der Waals surface area contributed by atoms with E-state index in [2.05, 4.69) is 4.98 Å². The monoisotopic (exact) mass is 262 g/mol. The number of hydrogen-bond donors (Lipinski definition) is 1. The third-order valence-corrected chi connectivity index (χ3v) is 3.66. The summed E-state index contributed by atoms with van der Waals surface area (Å²) in [5.74, 6) is -1.15. The molecule has 0 unspecified atom stereocenters. The van der Waals surface area contributed by atoms with Crippen LogP contribution in [0.4, 0.5) is 0 Å². The predicted octanol–water partition coefficient (Wildman–Crippen LogP) is 2.18. The van der Waals surface area contributed by atoms with E-state index in [4.69, 9.17) is 5.11 Å². The highest BCUT2D eigenvalue weighted by molar-refractivity contribution is 5.95. The van der Waals surface area contributed by atoms with E-state index in [0.29, 0.717) is 5.56 Å². The van der Waals surface area contributed by atoms with E-state index in [1.165, 1.54) is 18.3 Å². The number of hydrogen-bond acceptors (Lipinski definition) is 3. The lowest BCUT2D eigenvalue weighted by Crippen LogP contribution is -2.47. The molecule has 1 aromatic heterocycles. The fourth-order valence-electron chi connectivity index (χ4n) is 2.62. The number of carbonyl (C=O) groups is 2. The summed E-state index contributed by atoms with van der Waals surface area (Å²) >= 11 is 0. The molecule has 0 bridgehead atoms. The zero-order valence-corrected chi connectivity index (χ0v) is 11.2. The zero-order valence-electron chi connectivity index (χ0n) is 11.2. The molecular weight excluding hydrogens is 244 g/mol. The van der Waals surface area contributed by atoms with Crippen molar-refractivity contribution in [2.45, 2.75) is 45.2 Å². The van der Waals surface area contributed by atoms with Crippen molar-refractivity contribution in [3.05, 3.63) is 29.6 Å². The number of nitrogens with zero attached hydrogens (tertiary/aromatic N) is 2. The third kappa shape index (κ3) is 2.75. The van der Waals surface area contributed by atoms with Gasteiger partial charge in [-0.05, 0) is 45.2 Å². The van der Waals surface area contributed by atoms with Crippen LogP contribution in [-0.4, -0.2) is 39.0 Å². The standard InChI is InChI=1S/C14H18N2O3/c1-9-4-3-5-10(2)16(9)13(17)11-6-7-12(14(18)19)15-8-11/h6-10H,3-5H2,1-2H3,(H,18,19)/t9-,10+. The Morgan fingerprint density at radius 3 is 2.37 bits per heavy atom. The molecule has 1 aliphatic heterocycles. The summed E-state index contributed by atoms with van der Waals surface area (Å²) in [5, 5.41) is 8.79. The smallest absolute Gasteiger partial charge is 0.354 e. The van der Waals surface area contributed by atoms with E-state index < -0.39 is 5.97 Å². The molecule has 1 fully saturated rings. The second kappa shape index (κ2) is 5.38. The molecule has 1 N–H and O–H groups in total. The second-order valence-electron chi connectivity index (χ2n) is 5.08. The number of pyridine rings is 1. The first kappa shape index (κ1) is 13.5. The molecule has 0 aromatic carbocycles. The quantitative estimate of drug-likeness (QED) is 0.886. The molecule has 2 heterocycles. The van der Waals surface area contributed by atoms with Crippen LogP contribution in [0.25, 0.3) is 0 Å². The highest BCUT2D eigenvalue weighted by Crippen LogP contribution is 2.24. The van der Waals surface area contributed by atoms with Crippen LogP contribution >= 0.6 is 0 Å². The summed E-state index contributed by atoms with van der Waals surface area (Å²) in [4.78, 5) is 28.8. The topological polar surface area (TPSA) is 70.5 Å². The Hall–Kier alpha value is -1.91. The van der Waals surface area contributed by atoms with Gasteiger partial charge in [0.25, 0.3) is 5.91 Å². The first-order chi connectivity index (χ1) is 9.00. The number of amides is 1. The largest absolute Gasteiger partial charge is 0.477 e. The van der Waals surface area contributed by atoms with Crippen LogP contribution in [0.1, 0.15) is 54.0 Å². The van der Waals surface area contributed by atoms with Gasteiger partial charge in [0.15, 0.2) is 0 Å². The minimum Gasteiger partial charge on any atom is -0.477 e. The van der Waals surface area contributed by atoms with Gasteiger partial charge in [-0.2, -0.15) is 0 Å². The number of rotatable bonds is 2. The highest BCUT2D eigenvalue weighted by atomic mass is 16.4. The summed E-state index contributed by atoms with van der Waals surface area (Å²) < 4.78 is 0. The molecule has 19 heavy (non-hydrogen) atoms. The lowest BCUT2D eigenvalue weighted by atomic mass is 9.96. The van der Waals surface area contributed by atoms with Gasteiger partial charge in [-0.1, -0.05) is 0 Å². The Labute approximate surface area is 112 Å². The van der Waals surface area contributed by atoms with Crippen LogP contribution in [0.15, 0.2) is 18.3 Å². The van der Waals surface area contributed by atoms with Gasteiger partial charge < -0.3 is 10.0 Å². The molecular formula is C14H18N2O3. The van der Waals surface area contributed by atoms with Gasteiger partial charge in [-0.25, -0.2) is 9.78 Å². The van der Waals surface area contributed by atoms with Crippen LogP contribution < -0.4 is 0 Å². The first-order valence-corrected chi connectivity index (χ1v) is 6.52. The van der Waals surface area contributed by atoms with Crippen molar-refractivity contribution in [3.63, 3.8) is 0 Å². The Kier molecular flexibility index (Phi) is 3.83. The normalized spacial score (nSPS) is 23.2. The molecule has 1 amide bonds. The maximum Gasteiger partial charge on any atom is 0.354 e. The molecule has 0 radical (unpaired) electrons. The van der Waals surface area contributed by atoms with Crippen molar-refractivity contribution >= 4 is 11.9 Å². The van der Waals surface area contributed by atoms with E-state index in [-0.39, 0.29) is 23.7 Å². The molecule has 1 aromatic rings. The molecule has 5 heteroatoms.